The summed E-state index contributed by atoms with van der Waals surface area (Å²) in [7, 11) is 0. The van der Waals surface area contributed by atoms with Gasteiger partial charge in [-0.1, -0.05) is 12.8 Å². The van der Waals surface area contributed by atoms with Crippen molar-refractivity contribution in [3.63, 3.8) is 0 Å². The van der Waals surface area contributed by atoms with Crippen LogP contribution in [0.4, 0.5) is 5.95 Å². The minimum atomic E-state index is 0.257. The van der Waals surface area contributed by atoms with Crippen molar-refractivity contribution in [1.82, 2.24) is 19.8 Å². The maximum absolute atomic E-state index is 12.9. The smallest absolute Gasteiger partial charge is 0.237 e. The Labute approximate surface area is 162 Å². The number of rotatable bonds is 3. The number of carbonyl (C=O) groups excluding carboxylic acids is 1. The zero-order valence-corrected chi connectivity index (χ0v) is 16.6. The Morgan fingerprint density at radius 2 is 1.85 bits per heavy atom. The van der Waals surface area contributed by atoms with Crippen LogP contribution in [0.3, 0.4) is 0 Å². The molecule has 26 heavy (non-hydrogen) atoms. The average Bonchev–Trinajstić information content (AvgIpc) is 2.69. The van der Waals surface area contributed by atoms with Crippen molar-refractivity contribution >= 4 is 27.8 Å². The van der Waals surface area contributed by atoms with Gasteiger partial charge in [-0.15, -0.1) is 0 Å². The molecule has 0 unspecified atom stereocenters. The lowest BCUT2D eigenvalue weighted by Crippen LogP contribution is -2.58. The molecule has 2 saturated heterocycles. The Hall–Kier alpha value is -1.25. The summed E-state index contributed by atoms with van der Waals surface area (Å²) in [6, 6.07) is 0.294. The number of aromatic nitrogens is 2. The quantitative estimate of drug-likeness (QED) is 0.734. The van der Waals surface area contributed by atoms with E-state index in [-0.39, 0.29) is 12.0 Å². The number of piperazine rings is 1. The van der Waals surface area contributed by atoms with Crippen LogP contribution in [0.15, 0.2) is 16.9 Å². The number of halogens is 1. The first-order valence-electron chi connectivity index (χ1n) is 9.56. The summed E-state index contributed by atoms with van der Waals surface area (Å²) < 4.78 is 6.78. The molecule has 0 bridgehead atoms. The molecule has 8 heteroatoms. The third-order valence-electron chi connectivity index (χ3n) is 5.67. The molecule has 0 radical (unpaired) electrons. The van der Waals surface area contributed by atoms with Gasteiger partial charge in [0.2, 0.25) is 11.9 Å². The van der Waals surface area contributed by atoms with Gasteiger partial charge in [-0.2, -0.15) is 0 Å². The molecule has 7 nitrogen and oxygen atoms in total. The van der Waals surface area contributed by atoms with Gasteiger partial charge < -0.3 is 14.5 Å². The molecule has 2 atom stereocenters. The van der Waals surface area contributed by atoms with E-state index in [1.165, 1.54) is 12.8 Å². The van der Waals surface area contributed by atoms with E-state index in [1.54, 1.807) is 12.4 Å². The fourth-order valence-electron chi connectivity index (χ4n) is 4.26. The van der Waals surface area contributed by atoms with Crippen molar-refractivity contribution in [1.29, 1.82) is 0 Å². The Kier molecular flexibility index (Phi) is 5.71. The fraction of sp³-hybridized carbons (Fsp3) is 0.722. The van der Waals surface area contributed by atoms with E-state index in [0.717, 1.165) is 56.0 Å². The van der Waals surface area contributed by atoms with E-state index in [9.17, 15) is 4.79 Å². The van der Waals surface area contributed by atoms with Crippen molar-refractivity contribution in [2.75, 3.05) is 50.8 Å². The fourth-order valence-corrected chi connectivity index (χ4v) is 4.47. The lowest BCUT2D eigenvalue weighted by molar-refractivity contribution is -0.150. The molecule has 3 aliphatic rings. The van der Waals surface area contributed by atoms with E-state index < -0.39 is 0 Å². The molecule has 1 amide bonds. The van der Waals surface area contributed by atoms with Crippen LogP contribution < -0.4 is 4.90 Å². The van der Waals surface area contributed by atoms with Gasteiger partial charge in [0.15, 0.2) is 0 Å². The van der Waals surface area contributed by atoms with Crippen LogP contribution in [-0.4, -0.2) is 83.7 Å². The van der Waals surface area contributed by atoms with Crippen molar-refractivity contribution < 1.29 is 9.53 Å². The van der Waals surface area contributed by atoms with Crippen LogP contribution >= 0.6 is 15.9 Å². The van der Waals surface area contributed by atoms with Gasteiger partial charge in [0.25, 0.3) is 0 Å². The molecule has 4 rings (SSSR count). The van der Waals surface area contributed by atoms with Crippen LogP contribution in [-0.2, 0) is 9.53 Å². The van der Waals surface area contributed by atoms with Crippen molar-refractivity contribution in [2.45, 2.75) is 37.8 Å². The highest BCUT2D eigenvalue weighted by molar-refractivity contribution is 9.10. The normalized spacial score (nSPS) is 27.3. The SMILES string of the molecule is O=C(CN1CCN(c2ncc(Br)cn2)CC1)N1CCO[C@H]2CCCC[C@H]21. The van der Waals surface area contributed by atoms with Gasteiger partial charge >= 0.3 is 0 Å². The summed E-state index contributed by atoms with van der Waals surface area (Å²) in [5.41, 5.74) is 0. The Morgan fingerprint density at radius 1 is 1.12 bits per heavy atom. The maximum Gasteiger partial charge on any atom is 0.237 e. The zero-order chi connectivity index (χ0) is 17.9. The number of ether oxygens (including phenoxy) is 1. The standard InChI is InChI=1S/C18H26BrN5O2/c19-14-11-20-18(21-12-14)23-7-5-22(6-8-23)13-17(25)24-9-10-26-16-4-2-1-3-15(16)24/h11-12,15-16H,1-10,13H2/t15-,16+/m1/s1. The van der Waals surface area contributed by atoms with Gasteiger partial charge in [-0.25, -0.2) is 9.97 Å². The van der Waals surface area contributed by atoms with E-state index in [4.69, 9.17) is 4.74 Å². The monoisotopic (exact) mass is 423 g/mol. The maximum atomic E-state index is 12.9. The van der Waals surface area contributed by atoms with Crippen LogP contribution in [0.1, 0.15) is 25.7 Å². The minimum absolute atomic E-state index is 0.257. The van der Waals surface area contributed by atoms with Crippen LogP contribution in [0.2, 0.25) is 0 Å². The van der Waals surface area contributed by atoms with Gasteiger partial charge in [-0.05, 0) is 28.8 Å². The first kappa shape index (κ1) is 18.1. The molecule has 1 aliphatic carbocycles. The molecule has 0 aromatic carbocycles. The van der Waals surface area contributed by atoms with E-state index >= 15 is 0 Å². The highest BCUT2D eigenvalue weighted by Crippen LogP contribution is 2.28. The summed E-state index contributed by atoms with van der Waals surface area (Å²) in [6.45, 7) is 5.37. The summed E-state index contributed by atoms with van der Waals surface area (Å²) >= 11 is 3.37. The molecule has 1 aromatic heterocycles. The molecule has 0 spiro atoms. The molecular formula is C18H26BrN5O2. The zero-order valence-electron chi connectivity index (χ0n) is 15.0. The average molecular weight is 424 g/mol. The predicted octanol–water partition coefficient (Wildman–Crippen LogP) is 1.53. The third kappa shape index (κ3) is 4.02. The Bertz CT molecular complexity index is 619. The largest absolute Gasteiger partial charge is 0.374 e. The van der Waals surface area contributed by atoms with Crippen molar-refractivity contribution in [3.8, 4) is 0 Å². The van der Waals surface area contributed by atoms with Crippen molar-refractivity contribution in [3.05, 3.63) is 16.9 Å². The molecule has 3 heterocycles. The molecule has 0 N–H and O–H groups in total. The number of amides is 1. The number of nitrogens with zero attached hydrogens (tertiary/aromatic N) is 5. The van der Waals surface area contributed by atoms with Gasteiger partial charge in [0.1, 0.15) is 0 Å². The number of anilines is 1. The van der Waals surface area contributed by atoms with E-state index in [0.29, 0.717) is 19.2 Å². The Morgan fingerprint density at radius 3 is 2.62 bits per heavy atom. The van der Waals surface area contributed by atoms with Crippen LogP contribution in [0.5, 0.6) is 0 Å². The number of hydrogen-bond acceptors (Lipinski definition) is 6. The second-order valence-corrected chi connectivity index (χ2v) is 8.23. The molecular weight excluding hydrogens is 398 g/mol. The Balaban J connectivity index is 1.29. The van der Waals surface area contributed by atoms with Crippen LogP contribution in [0.25, 0.3) is 0 Å². The summed E-state index contributed by atoms with van der Waals surface area (Å²) in [4.78, 5) is 28.2. The molecule has 1 saturated carbocycles. The second kappa shape index (κ2) is 8.19. The molecule has 3 fully saturated rings. The first-order chi connectivity index (χ1) is 12.7. The van der Waals surface area contributed by atoms with Gasteiger partial charge in [-0.3, -0.25) is 9.69 Å². The first-order valence-corrected chi connectivity index (χ1v) is 10.4. The van der Waals surface area contributed by atoms with Crippen LogP contribution in [0, 0.1) is 0 Å². The second-order valence-electron chi connectivity index (χ2n) is 7.31. The highest BCUT2D eigenvalue weighted by Gasteiger charge is 2.37. The lowest BCUT2D eigenvalue weighted by Gasteiger charge is -2.44. The molecule has 142 valence electrons. The molecule has 1 aromatic rings. The van der Waals surface area contributed by atoms with Gasteiger partial charge in [0, 0.05) is 45.1 Å². The van der Waals surface area contributed by atoms with Crippen molar-refractivity contribution in [2.24, 2.45) is 0 Å². The number of carbonyl (C=O) groups is 1. The van der Waals surface area contributed by atoms with E-state index in [1.807, 2.05) is 0 Å². The highest BCUT2D eigenvalue weighted by atomic mass is 79.9. The third-order valence-corrected chi connectivity index (χ3v) is 6.08. The summed E-state index contributed by atoms with van der Waals surface area (Å²) in [6.07, 6.45) is 8.43. The molecule has 2 aliphatic heterocycles. The van der Waals surface area contributed by atoms with Gasteiger partial charge in [0.05, 0.1) is 29.8 Å². The summed E-state index contributed by atoms with van der Waals surface area (Å²) in [5.74, 6) is 1.02. The predicted molar refractivity (Wildman–Crippen MR) is 102 cm³/mol. The number of hydrogen-bond donors (Lipinski definition) is 0. The number of morpholine rings is 1. The topological polar surface area (TPSA) is 61.8 Å². The number of fused-ring (bicyclic) bond motifs is 1. The van der Waals surface area contributed by atoms with E-state index in [2.05, 4.69) is 40.6 Å². The summed E-state index contributed by atoms with van der Waals surface area (Å²) in [5, 5.41) is 0. The lowest BCUT2D eigenvalue weighted by atomic mass is 9.90. The minimum Gasteiger partial charge on any atom is -0.374 e.